The minimum Gasteiger partial charge on any atom is -0.294 e. The number of nitro groups is 1. The van der Waals surface area contributed by atoms with Gasteiger partial charge in [-0.15, -0.1) is 0 Å². The Morgan fingerprint density at radius 3 is 2.68 bits per heavy atom. The van der Waals surface area contributed by atoms with Gasteiger partial charge in [-0.25, -0.2) is 4.99 Å². The van der Waals surface area contributed by atoms with Crippen LogP contribution in [0, 0.1) is 15.5 Å². The van der Waals surface area contributed by atoms with Crippen LogP contribution in [0.2, 0.25) is 5.02 Å². The Bertz CT molecular complexity index is 1580. The van der Waals surface area contributed by atoms with Gasteiger partial charge in [0.15, 0.2) is 10.6 Å². The molecule has 1 atom stereocenters. The van der Waals surface area contributed by atoms with Crippen molar-refractivity contribution in [1.82, 2.24) is 4.57 Å². The van der Waals surface area contributed by atoms with E-state index in [0.29, 0.717) is 49.6 Å². The van der Waals surface area contributed by atoms with Crippen LogP contribution in [0.15, 0.2) is 69.6 Å². The minimum absolute atomic E-state index is 0.0908. The molecule has 2 heterocycles. The maximum Gasteiger partial charge on any atom is 0.271 e. The molecule has 0 N–H and O–H groups in total. The number of rotatable bonds is 3. The van der Waals surface area contributed by atoms with E-state index < -0.39 is 11.0 Å². The van der Waals surface area contributed by atoms with Gasteiger partial charge in [-0.3, -0.25) is 24.3 Å². The maximum absolute atomic E-state index is 13.6. The van der Waals surface area contributed by atoms with E-state index in [0.717, 1.165) is 0 Å². The van der Waals surface area contributed by atoms with Crippen LogP contribution in [0.25, 0.3) is 6.08 Å². The monoisotopic (exact) mass is 493 g/mol. The molecule has 1 unspecified atom stereocenters. The van der Waals surface area contributed by atoms with Crippen molar-refractivity contribution in [3.63, 3.8) is 0 Å². The van der Waals surface area contributed by atoms with Crippen molar-refractivity contribution >= 4 is 40.5 Å². The highest BCUT2D eigenvalue weighted by atomic mass is 35.5. The van der Waals surface area contributed by atoms with E-state index >= 15 is 0 Å². The number of fused-ring (bicyclic) bond motifs is 1. The van der Waals surface area contributed by atoms with Crippen molar-refractivity contribution < 1.29 is 9.72 Å². The molecule has 0 saturated heterocycles. The molecule has 9 heteroatoms. The number of ketones is 1. The van der Waals surface area contributed by atoms with Gasteiger partial charge < -0.3 is 0 Å². The number of thiazole rings is 1. The van der Waals surface area contributed by atoms with Gasteiger partial charge >= 0.3 is 0 Å². The number of halogens is 1. The van der Waals surface area contributed by atoms with Crippen LogP contribution in [0.1, 0.15) is 43.9 Å². The molecule has 0 amide bonds. The molecule has 0 bridgehead atoms. The first kappa shape index (κ1) is 22.4. The zero-order valence-electron chi connectivity index (χ0n) is 18.4. The Morgan fingerprint density at radius 1 is 1.18 bits per heavy atom. The van der Waals surface area contributed by atoms with Crippen LogP contribution in [0.5, 0.6) is 0 Å². The second kappa shape index (κ2) is 8.14. The first-order chi connectivity index (χ1) is 16.1. The molecule has 2 aliphatic rings. The molecule has 1 aromatic heterocycles. The summed E-state index contributed by atoms with van der Waals surface area (Å²) in [6.45, 7) is 4.03. The zero-order chi connectivity index (χ0) is 24.2. The fourth-order valence-corrected chi connectivity index (χ4v) is 5.81. The molecule has 5 rings (SSSR count). The Morgan fingerprint density at radius 2 is 1.94 bits per heavy atom. The summed E-state index contributed by atoms with van der Waals surface area (Å²) in [5.74, 6) is -0.0908. The van der Waals surface area contributed by atoms with Crippen LogP contribution in [-0.4, -0.2) is 15.3 Å². The molecule has 0 saturated carbocycles. The number of hydrogen-bond donors (Lipinski definition) is 0. The largest absolute Gasteiger partial charge is 0.294 e. The number of aromatic nitrogens is 1. The maximum atomic E-state index is 13.6. The summed E-state index contributed by atoms with van der Waals surface area (Å²) in [7, 11) is 0. The van der Waals surface area contributed by atoms with Gasteiger partial charge in [0.1, 0.15) is 0 Å². The highest BCUT2D eigenvalue weighted by Gasteiger charge is 2.40. The number of carbonyl (C=O) groups excluding carboxylic acids is 1. The van der Waals surface area contributed by atoms with Crippen LogP contribution in [0.3, 0.4) is 0 Å². The predicted octanol–water partition coefficient (Wildman–Crippen LogP) is 4.17. The molecule has 1 aliphatic carbocycles. The van der Waals surface area contributed by atoms with E-state index in [-0.39, 0.29) is 22.4 Å². The predicted molar refractivity (Wildman–Crippen MR) is 131 cm³/mol. The first-order valence-electron chi connectivity index (χ1n) is 10.7. The second-order valence-electron chi connectivity index (χ2n) is 9.26. The number of carbonyl (C=O) groups is 1. The third-order valence-electron chi connectivity index (χ3n) is 6.08. The third kappa shape index (κ3) is 3.82. The molecular weight excluding hydrogens is 474 g/mol. The van der Waals surface area contributed by atoms with Crippen molar-refractivity contribution in [1.29, 1.82) is 0 Å². The van der Waals surface area contributed by atoms with Crippen molar-refractivity contribution in [2.75, 3.05) is 0 Å². The smallest absolute Gasteiger partial charge is 0.271 e. The molecule has 1 aliphatic heterocycles. The molecule has 172 valence electrons. The number of hydrogen-bond acceptors (Lipinski definition) is 6. The number of benzene rings is 2. The summed E-state index contributed by atoms with van der Waals surface area (Å²) in [5.41, 5.74) is 1.61. The third-order valence-corrected chi connectivity index (χ3v) is 7.41. The van der Waals surface area contributed by atoms with Crippen molar-refractivity contribution in [3.05, 3.63) is 106 Å². The van der Waals surface area contributed by atoms with E-state index in [2.05, 4.69) is 0 Å². The summed E-state index contributed by atoms with van der Waals surface area (Å²) in [6, 6.07) is 12.5. The lowest BCUT2D eigenvalue weighted by molar-refractivity contribution is -0.384. The van der Waals surface area contributed by atoms with Gasteiger partial charge in [-0.2, -0.15) is 0 Å². The van der Waals surface area contributed by atoms with E-state index in [1.807, 2.05) is 32.0 Å². The van der Waals surface area contributed by atoms with Gasteiger partial charge in [0.25, 0.3) is 11.2 Å². The minimum atomic E-state index is -0.775. The highest BCUT2D eigenvalue weighted by molar-refractivity contribution is 7.07. The summed E-state index contributed by atoms with van der Waals surface area (Å²) in [4.78, 5) is 43.1. The summed E-state index contributed by atoms with van der Waals surface area (Å²) in [5, 5.41) is 12.0. The molecular formula is C25H20ClN3O4S. The lowest BCUT2D eigenvalue weighted by Gasteiger charge is -2.35. The van der Waals surface area contributed by atoms with E-state index in [1.165, 1.54) is 28.0 Å². The molecule has 0 radical (unpaired) electrons. The highest BCUT2D eigenvalue weighted by Crippen LogP contribution is 2.43. The molecule has 34 heavy (non-hydrogen) atoms. The molecule has 2 aromatic carbocycles. The SMILES string of the molecule is CC1(C)CC(=O)C2=C(C1)N=c1sc(=Cc3ccccc3Cl)c(=O)n1C2c1cccc([N+](=O)[O-])c1. The molecule has 0 spiro atoms. The van der Waals surface area contributed by atoms with Crippen LogP contribution in [0.4, 0.5) is 5.69 Å². The Labute approximate surface area is 203 Å². The number of nitrogens with zero attached hydrogens (tertiary/aromatic N) is 3. The van der Waals surface area contributed by atoms with Gasteiger partial charge in [-0.05, 0) is 35.1 Å². The quantitative estimate of drug-likeness (QED) is 0.404. The van der Waals surface area contributed by atoms with E-state index in [4.69, 9.17) is 16.6 Å². The standard InChI is InChI=1S/C25H20ClN3O4S/c1-25(2)12-18-21(19(30)13-25)22(15-7-5-8-16(10-15)29(32)33)28-23(31)20(34-24(28)27-18)11-14-6-3-4-9-17(14)26/h3-11,22H,12-13H2,1-2H3. The molecule has 3 aromatic rings. The van der Waals surface area contributed by atoms with Gasteiger partial charge in [0, 0.05) is 29.1 Å². The lowest BCUT2D eigenvalue weighted by Crippen LogP contribution is -2.42. The van der Waals surface area contributed by atoms with Gasteiger partial charge in [0.05, 0.1) is 21.2 Å². The Balaban J connectivity index is 1.80. The average molecular weight is 494 g/mol. The van der Waals surface area contributed by atoms with E-state index in [1.54, 1.807) is 24.3 Å². The molecule has 7 nitrogen and oxygen atoms in total. The van der Waals surface area contributed by atoms with Gasteiger partial charge in [0.2, 0.25) is 0 Å². The average Bonchev–Trinajstić information content (AvgIpc) is 3.08. The summed E-state index contributed by atoms with van der Waals surface area (Å²) in [6.07, 6.45) is 2.61. The van der Waals surface area contributed by atoms with Gasteiger partial charge in [-0.1, -0.05) is 67.1 Å². The van der Waals surface area contributed by atoms with Crippen molar-refractivity contribution in [3.8, 4) is 0 Å². The summed E-state index contributed by atoms with van der Waals surface area (Å²) < 4.78 is 1.91. The number of allylic oxidation sites excluding steroid dienone is 2. The van der Waals surface area contributed by atoms with Crippen LogP contribution < -0.4 is 14.9 Å². The van der Waals surface area contributed by atoms with E-state index in [9.17, 15) is 19.7 Å². The Kier molecular flexibility index (Phi) is 5.37. The first-order valence-corrected chi connectivity index (χ1v) is 11.9. The van der Waals surface area contributed by atoms with Crippen molar-refractivity contribution in [2.24, 2.45) is 10.4 Å². The number of Topliss-reactive ketones (excluding diaryl/α,β-unsaturated/α-hetero) is 1. The van der Waals surface area contributed by atoms with Crippen molar-refractivity contribution in [2.45, 2.75) is 32.7 Å². The Hall–Kier alpha value is -3.36. The van der Waals surface area contributed by atoms with Crippen LogP contribution >= 0.6 is 22.9 Å². The number of non-ortho nitro benzene ring substituents is 1. The molecule has 0 fully saturated rings. The number of nitro benzene ring substituents is 1. The lowest BCUT2D eigenvalue weighted by atomic mass is 9.73. The fraction of sp³-hybridized carbons (Fsp3) is 0.240. The second-order valence-corrected chi connectivity index (χ2v) is 10.7. The fourth-order valence-electron chi connectivity index (χ4n) is 4.61. The summed E-state index contributed by atoms with van der Waals surface area (Å²) >= 11 is 7.52. The topological polar surface area (TPSA) is 94.6 Å². The normalized spacial score (nSPS) is 19.4. The van der Waals surface area contributed by atoms with Crippen LogP contribution in [-0.2, 0) is 4.79 Å². The zero-order valence-corrected chi connectivity index (χ0v) is 20.0.